The van der Waals surface area contributed by atoms with Crippen molar-refractivity contribution in [3.63, 3.8) is 0 Å². The van der Waals surface area contributed by atoms with Crippen molar-refractivity contribution in [1.29, 1.82) is 0 Å². The normalized spacial score (nSPS) is 17.4. The van der Waals surface area contributed by atoms with E-state index in [0.717, 1.165) is 38.5 Å². The summed E-state index contributed by atoms with van der Waals surface area (Å²) in [5, 5.41) is 0. The quantitative estimate of drug-likeness (QED) is 0.848. The first kappa shape index (κ1) is 15.0. The standard InChI is InChI=1S/C18H23N3O/c1-22-17(16-7-3-2-4-8-16)15-20-11-13-21(14-12-20)18-9-5-6-10-19-18/h2-10,17H,11-15H2,1H3/t17-/m0/s1. The SMILES string of the molecule is CO[C@@H](CN1CCN(c2ccccn2)CC1)c1ccccc1. The molecule has 1 aliphatic heterocycles. The van der Waals surface area contributed by atoms with Gasteiger partial charge in [-0.15, -0.1) is 0 Å². The van der Waals surface area contributed by atoms with Crippen molar-refractivity contribution in [1.82, 2.24) is 9.88 Å². The Hall–Kier alpha value is -1.91. The maximum Gasteiger partial charge on any atom is 0.128 e. The molecule has 1 fully saturated rings. The highest BCUT2D eigenvalue weighted by atomic mass is 16.5. The fourth-order valence-electron chi connectivity index (χ4n) is 2.92. The number of pyridine rings is 1. The lowest BCUT2D eigenvalue weighted by Gasteiger charge is -2.36. The summed E-state index contributed by atoms with van der Waals surface area (Å²) in [6.07, 6.45) is 2.00. The van der Waals surface area contributed by atoms with E-state index in [4.69, 9.17) is 4.74 Å². The zero-order valence-electron chi connectivity index (χ0n) is 13.1. The second-order valence-corrected chi connectivity index (χ2v) is 5.61. The van der Waals surface area contributed by atoms with Crippen LogP contribution in [0, 0.1) is 0 Å². The van der Waals surface area contributed by atoms with Crippen LogP contribution in [0.5, 0.6) is 0 Å². The molecule has 1 aliphatic rings. The van der Waals surface area contributed by atoms with E-state index < -0.39 is 0 Å². The number of hydrogen-bond acceptors (Lipinski definition) is 4. The third kappa shape index (κ3) is 3.64. The summed E-state index contributed by atoms with van der Waals surface area (Å²) in [6, 6.07) is 16.5. The molecule has 2 aromatic rings. The van der Waals surface area contributed by atoms with E-state index in [9.17, 15) is 0 Å². The minimum Gasteiger partial charge on any atom is -0.375 e. The number of ether oxygens (including phenoxy) is 1. The molecule has 116 valence electrons. The predicted octanol–water partition coefficient (Wildman–Crippen LogP) is 2.59. The van der Waals surface area contributed by atoms with Crippen molar-refractivity contribution in [3.05, 3.63) is 60.3 Å². The van der Waals surface area contributed by atoms with Crippen molar-refractivity contribution in [3.8, 4) is 0 Å². The van der Waals surface area contributed by atoms with Gasteiger partial charge in [0.25, 0.3) is 0 Å². The average Bonchev–Trinajstić information content (AvgIpc) is 2.62. The molecule has 0 amide bonds. The molecule has 2 heterocycles. The molecule has 0 bridgehead atoms. The van der Waals surface area contributed by atoms with Crippen molar-refractivity contribution in [2.24, 2.45) is 0 Å². The fraction of sp³-hybridized carbons (Fsp3) is 0.389. The molecule has 0 radical (unpaired) electrons. The number of rotatable bonds is 5. The maximum atomic E-state index is 5.68. The van der Waals surface area contributed by atoms with Crippen molar-refractivity contribution in [2.45, 2.75) is 6.10 Å². The largest absolute Gasteiger partial charge is 0.375 e. The molecule has 0 N–H and O–H groups in total. The van der Waals surface area contributed by atoms with Crippen LogP contribution in [-0.2, 0) is 4.74 Å². The lowest BCUT2D eigenvalue weighted by molar-refractivity contribution is 0.0615. The van der Waals surface area contributed by atoms with Gasteiger partial charge in [0.1, 0.15) is 5.82 Å². The molecule has 1 aromatic carbocycles. The Morgan fingerprint density at radius 3 is 2.36 bits per heavy atom. The van der Waals surface area contributed by atoms with Gasteiger partial charge in [0.15, 0.2) is 0 Å². The minimum absolute atomic E-state index is 0.141. The van der Waals surface area contributed by atoms with E-state index in [1.165, 1.54) is 5.56 Å². The summed E-state index contributed by atoms with van der Waals surface area (Å²) >= 11 is 0. The smallest absolute Gasteiger partial charge is 0.128 e. The summed E-state index contributed by atoms with van der Waals surface area (Å²) in [5.74, 6) is 1.08. The van der Waals surface area contributed by atoms with Gasteiger partial charge in [-0.05, 0) is 17.7 Å². The number of aromatic nitrogens is 1. The third-order valence-electron chi connectivity index (χ3n) is 4.23. The second-order valence-electron chi connectivity index (χ2n) is 5.61. The first-order chi connectivity index (χ1) is 10.9. The Balaban J connectivity index is 1.55. The number of nitrogens with zero attached hydrogens (tertiary/aromatic N) is 3. The van der Waals surface area contributed by atoms with Crippen molar-refractivity contribution >= 4 is 5.82 Å². The van der Waals surface area contributed by atoms with Gasteiger partial charge in [0.2, 0.25) is 0 Å². The molecule has 0 aliphatic carbocycles. The van der Waals surface area contributed by atoms with Gasteiger partial charge in [0, 0.05) is 46.0 Å². The molecular formula is C18H23N3O. The summed E-state index contributed by atoms with van der Waals surface area (Å²) in [4.78, 5) is 9.26. The van der Waals surface area contributed by atoms with Gasteiger partial charge < -0.3 is 9.64 Å². The van der Waals surface area contributed by atoms with Gasteiger partial charge in [-0.25, -0.2) is 4.98 Å². The Bertz CT molecular complexity index is 553. The van der Waals surface area contributed by atoms with Crippen LogP contribution in [0.3, 0.4) is 0 Å². The van der Waals surface area contributed by atoms with Crippen LogP contribution in [0.2, 0.25) is 0 Å². The highest BCUT2D eigenvalue weighted by Crippen LogP contribution is 2.19. The topological polar surface area (TPSA) is 28.6 Å². The van der Waals surface area contributed by atoms with Crippen LogP contribution in [0.15, 0.2) is 54.7 Å². The molecule has 22 heavy (non-hydrogen) atoms. The van der Waals surface area contributed by atoms with E-state index in [2.05, 4.69) is 45.1 Å². The van der Waals surface area contributed by atoms with Crippen molar-refractivity contribution in [2.75, 3.05) is 44.7 Å². The van der Waals surface area contributed by atoms with Gasteiger partial charge in [-0.2, -0.15) is 0 Å². The van der Waals surface area contributed by atoms with Gasteiger partial charge >= 0.3 is 0 Å². The Kier molecular flexibility index (Phi) is 5.03. The zero-order chi connectivity index (χ0) is 15.2. The Labute approximate surface area is 132 Å². The van der Waals surface area contributed by atoms with Gasteiger partial charge in [-0.1, -0.05) is 36.4 Å². The lowest BCUT2D eigenvalue weighted by Crippen LogP contribution is -2.47. The molecule has 0 spiro atoms. The van der Waals surface area contributed by atoms with Crippen LogP contribution in [0.4, 0.5) is 5.82 Å². The summed E-state index contributed by atoms with van der Waals surface area (Å²) in [7, 11) is 1.79. The van der Waals surface area contributed by atoms with Gasteiger partial charge in [0.05, 0.1) is 6.10 Å². The molecule has 1 atom stereocenters. The van der Waals surface area contributed by atoms with Crippen LogP contribution in [0.1, 0.15) is 11.7 Å². The first-order valence-electron chi connectivity index (χ1n) is 7.83. The maximum absolute atomic E-state index is 5.68. The molecule has 4 nitrogen and oxygen atoms in total. The summed E-state index contributed by atoms with van der Waals surface area (Å²) in [6.45, 7) is 5.06. The minimum atomic E-state index is 0.141. The highest BCUT2D eigenvalue weighted by molar-refractivity contribution is 5.38. The van der Waals surface area contributed by atoms with E-state index >= 15 is 0 Å². The molecule has 0 unspecified atom stereocenters. The van der Waals surface area contributed by atoms with Crippen molar-refractivity contribution < 1.29 is 4.74 Å². The van der Waals surface area contributed by atoms with Crippen LogP contribution in [-0.4, -0.2) is 49.7 Å². The number of methoxy groups -OCH3 is 1. The Morgan fingerprint density at radius 1 is 1.00 bits per heavy atom. The molecule has 1 saturated heterocycles. The average molecular weight is 297 g/mol. The Morgan fingerprint density at radius 2 is 1.73 bits per heavy atom. The molecular weight excluding hydrogens is 274 g/mol. The van der Waals surface area contributed by atoms with Crippen LogP contribution >= 0.6 is 0 Å². The third-order valence-corrected chi connectivity index (χ3v) is 4.23. The second kappa shape index (κ2) is 7.38. The number of benzene rings is 1. The summed E-state index contributed by atoms with van der Waals surface area (Å²) < 4.78 is 5.68. The molecule has 4 heteroatoms. The van der Waals surface area contributed by atoms with E-state index in [1.54, 1.807) is 7.11 Å². The monoisotopic (exact) mass is 297 g/mol. The lowest BCUT2D eigenvalue weighted by atomic mass is 10.1. The molecule has 0 saturated carbocycles. The predicted molar refractivity (Wildman–Crippen MR) is 89.1 cm³/mol. The highest BCUT2D eigenvalue weighted by Gasteiger charge is 2.21. The van der Waals surface area contributed by atoms with Gasteiger partial charge in [-0.3, -0.25) is 4.90 Å². The van der Waals surface area contributed by atoms with E-state index in [-0.39, 0.29) is 6.10 Å². The van der Waals surface area contributed by atoms with Crippen LogP contribution < -0.4 is 4.90 Å². The fourth-order valence-corrected chi connectivity index (χ4v) is 2.92. The van der Waals surface area contributed by atoms with Crippen LogP contribution in [0.25, 0.3) is 0 Å². The van der Waals surface area contributed by atoms with E-state index in [1.807, 2.05) is 24.4 Å². The molecule has 1 aromatic heterocycles. The van der Waals surface area contributed by atoms with E-state index in [0.29, 0.717) is 0 Å². The number of anilines is 1. The summed E-state index contributed by atoms with van der Waals surface area (Å²) in [5.41, 5.74) is 1.25. The molecule has 3 rings (SSSR count). The number of hydrogen-bond donors (Lipinski definition) is 0. The number of piperazine rings is 1. The first-order valence-corrected chi connectivity index (χ1v) is 7.83. The zero-order valence-corrected chi connectivity index (χ0v) is 13.1.